The van der Waals surface area contributed by atoms with Crippen LogP contribution >= 0.6 is 11.6 Å². The molecule has 0 spiro atoms. The second-order valence-corrected chi connectivity index (χ2v) is 7.64. The summed E-state index contributed by atoms with van der Waals surface area (Å²) in [7, 11) is -2.37. The maximum atomic E-state index is 12.2. The molecule has 27 heavy (non-hydrogen) atoms. The largest absolute Gasteiger partial charge is 0.452 e. The van der Waals surface area contributed by atoms with Crippen molar-refractivity contribution in [3.63, 3.8) is 0 Å². The highest BCUT2D eigenvalue weighted by Crippen LogP contribution is 2.20. The van der Waals surface area contributed by atoms with Gasteiger partial charge in [-0.05, 0) is 49.5 Å². The summed E-state index contributed by atoms with van der Waals surface area (Å²) in [5.74, 6) is -0.346. The quantitative estimate of drug-likeness (QED) is 0.625. The highest BCUT2D eigenvalue weighted by molar-refractivity contribution is 7.89. The Bertz CT molecular complexity index is 1060. The molecular weight excluding hydrogens is 394 g/mol. The summed E-state index contributed by atoms with van der Waals surface area (Å²) >= 11 is 5.83. The molecule has 0 aliphatic heterocycles. The average Bonchev–Trinajstić information content (AvgIpc) is 3.16. The van der Waals surface area contributed by atoms with Crippen LogP contribution < -0.4 is 4.72 Å². The van der Waals surface area contributed by atoms with Gasteiger partial charge in [0.05, 0.1) is 10.5 Å². The van der Waals surface area contributed by atoms with Crippen molar-refractivity contribution in [2.45, 2.75) is 11.5 Å². The van der Waals surface area contributed by atoms with E-state index in [0.717, 1.165) is 0 Å². The summed E-state index contributed by atoms with van der Waals surface area (Å²) in [5, 5.41) is 8.28. The number of carbonyl (C=O) groups excluding carboxylic acids is 1. The summed E-state index contributed by atoms with van der Waals surface area (Å²) in [6.45, 7) is -0.248. The minimum atomic E-state index is -3.66. The Labute approximate surface area is 160 Å². The highest BCUT2D eigenvalue weighted by Gasteiger charge is 2.16. The molecule has 2 aromatic carbocycles. The van der Waals surface area contributed by atoms with Crippen molar-refractivity contribution in [3.05, 3.63) is 65.0 Å². The van der Waals surface area contributed by atoms with Gasteiger partial charge in [0, 0.05) is 10.6 Å². The topological polar surface area (TPSA) is 111 Å². The number of esters is 1. The Balaban J connectivity index is 1.68. The van der Waals surface area contributed by atoms with Gasteiger partial charge in [-0.1, -0.05) is 17.7 Å². The van der Waals surface area contributed by atoms with E-state index in [-0.39, 0.29) is 28.8 Å². The van der Waals surface area contributed by atoms with E-state index in [2.05, 4.69) is 14.9 Å². The number of sulfonamides is 1. The third kappa shape index (κ3) is 4.51. The summed E-state index contributed by atoms with van der Waals surface area (Å²) in [5.41, 5.74) is 0.762. The van der Waals surface area contributed by atoms with Crippen LogP contribution in [0.25, 0.3) is 11.5 Å². The average molecular weight is 408 g/mol. The number of hydrogen-bond acceptors (Lipinski definition) is 7. The van der Waals surface area contributed by atoms with Crippen LogP contribution in [-0.4, -0.2) is 31.6 Å². The van der Waals surface area contributed by atoms with Crippen molar-refractivity contribution < 1.29 is 22.4 Å². The fraction of sp³-hybridized carbons (Fsp3) is 0.118. The van der Waals surface area contributed by atoms with Crippen LogP contribution in [0, 0.1) is 0 Å². The number of halogens is 1. The fourth-order valence-electron chi connectivity index (χ4n) is 2.14. The highest BCUT2D eigenvalue weighted by atomic mass is 35.5. The van der Waals surface area contributed by atoms with E-state index in [1.165, 1.54) is 31.3 Å². The molecule has 0 aliphatic rings. The number of hydrogen-bond donors (Lipinski definition) is 1. The second kappa shape index (κ2) is 7.87. The number of nitrogens with one attached hydrogen (secondary N) is 1. The van der Waals surface area contributed by atoms with Gasteiger partial charge >= 0.3 is 5.97 Å². The molecule has 140 valence electrons. The Morgan fingerprint density at radius 2 is 1.93 bits per heavy atom. The number of aromatic nitrogens is 2. The van der Waals surface area contributed by atoms with Crippen LogP contribution in [0.4, 0.5) is 0 Å². The molecule has 1 heterocycles. The third-order valence-corrected chi connectivity index (χ3v) is 5.20. The molecule has 3 aromatic rings. The molecule has 0 saturated carbocycles. The van der Waals surface area contributed by atoms with Crippen molar-refractivity contribution >= 4 is 27.6 Å². The van der Waals surface area contributed by atoms with Crippen LogP contribution in [-0.2, 0) is 21.4 Å². The molecule has 0 saturated heterocycles. The van der Waals surface area contributed by atoms with Crippen LogP contribution in [0.2, 0.25) is 5.02 Å². The van der Waals surface area contributed by atoms with Gasteiger partial charge in [0.25, 0.3) is 5.89 Å². The van der Waals surface area contributed by atoms with Crippen molar-refractivity contribution in [1.29, 1.82) is 0 Å². The van der Waals surface area contributed by atoms with Gasteiger partial charge in [0.15, 0.2) is 6.61 Å². The number of carbonyl (C=O) groups is 1. The lowest BCUT2D eigenvalue weighted by molar-refractivity contribution is 0.0438. The van der Waals surface area contributed by atoms with E-state index < -0.39 is 16.0 Å². The molecular formula is C17H14ClN3O5S. The zero-order valence-corrected chi connectivity index (χ0v) is 15.6. The van der Waals surface area contributed by atoms with E-state index in [0.29, 0.717) is 10.6 Å². The Morgan fingerprint density at radius 1 is 1.19 bits per heavy atom. The molecule has 1 aromatic heterocycles. The van der Waals surface area contributed by atoms with Crippen molar-refractivity contribution in [2.24, 2.45) is 0 Å². The molecule has 0 unspecified atom stereocenters. The van der Waals surface area contributed by atoms with E-state index in [4.69, 9.17) is 20.8 Å². The van der Waals surface area contributed by atoms with E-state index in [9.17, 15) is 13.2 Å². The Hall–Kier alpha value is -2.75. The van der Waals surface area contributed by atoms with Gasteiger partial charge < -0.3 is 9.15 Å². The van der Waals surface area contributed by atoms with E-state index in [1.807, 2.05) is 0 Å². The van der Waals surface area contributed by atoms with Crippen molar-refractivity contribution in [3.8, 4) is 11.5 Å². The smallest absolute Gasteiger partial charge is 0.338 e. The van der Waals surface area contributed by atoms with Crippen LogP contribution in [0.15, 0.2) is 57.8 Å². The van der Waals surface area contributed by atoms with Crippen LogP contribution in [0.1, 0.15) is 16.2 Å². The van der Waals surface area contributed by atoms with Crippen LogP contribution in [0.5, 0.6) is 0 Å². The van der Waals surface area contributed by atoms with Gasteiger partial charge in [-0.3, -0.25) is 0 Å². The summed E-state index contributed by atoms with van der Waals surface area (Å²) in [6, 6.07) is 12.3. The van der Waals surface area contributed by atoms with Gasteiger partial charge in [-0.15, -0.1) is 10.2 Å². The monoisotopic (exact) mass is 407 g/mol. The van der Waals surface area contributed by atoms with E-state index in [1.54, 1.807) is 24.3 Å². The standard InChI is InChI=1S/C17H14ClN3O5S/c1-19-27(23,24)14-4-2-3-12(9-14)17(22)25-10-15-20-21-16(26-15)11-5-7-13(18)8-6-11/h2-9,19H,10H2,1H3. The number of benzene rings is 2. The molecule has 0 amide bonds. The minimum Gasteiger partial charge on any atom is -0.452 e. The first-order valence-corrected chi connectivity index (χ1v) is 9.54. The lowest BCUT2D eigenvalue weighted by Gasteiger charge is -2.05. The molecule has 3 rings (SSSR count). The summed E-state index contributed by atoms with van der Waals surface area (Å²) in [4.78, 5) is 12.1. The van der Waals surface area contributed by atoms with Gasteiger partial charge in [0.1, 0.15) is 0 Å². The summed E-state index contributed by atoms with van der Waals surface area (Å²) in [6.07, 6.45) is 0. The molecule has 0 fully saturated rings. The maximum absolute atomic E-state index is 12.2. The van der Waals surface area contributed by atoms with Gasteiger partial charge in [-0.25, -0.2) is 17.9 Å². The lowest BCUT2D eigenvalue weighted by atomic mass is 10.2. The number of rotatable bonds is 6. The molecule has 8 nitrogen and oxygen atoms in total. The second-order valence-electron chi connectivity index (χ2n) is 5.32. The first kappa shape index (κ1) is 19.0. The first-order chi connectivity index (χ1) is 12.9. The SMILES string of the molecule is CNS(=O)(=O)c1cccc(C(=O)OCc2nnc(-c3ccc(Cl)cc3)o2)c1. The maximum Gasteiger partial charge on any atom is 0.338 e. The molecule has 0 atom stereocenters. The zero-order valence-electron chi connectivity index (χ0n) is 14.0. The predicted molar refractivity (Wildman–Crippen MR) is 96.6 cm³/mol. The molecule has 0 radical (unpaired) electrons. The minimum absolute atomic E-state index is 0.0396. The zero-order chi connectivity index (χ0) is 19.4. The Kier molecular flexibility index (Phi) is 5.54. The van der Waals surface area contributed by atoms with Crippen molar-refractivity contribution in [2.75, 3.05) is 7.05 Å². The first-order valence-electron chi connectivity index (χ1n) is 7.68. The van der Waals surface area contributed by atoms with Crippen molar-refractivity contribution in [1.82, 2.24) is 14.9 Å². The molecule has 1 N–H and O–H groups in total. The normalized spacial score (nSPS) is 11.3. The summed E-state index contributed by atoms with van der Waals surface area (Å²) < 4.78 is 36.4. The van der Waals surface area contributed by atoms with E-state index >= 15 is 0 Å². The predicted octanol–water partition coefficient (Wildman–Crippen LogP) is 2.66. The number of ether oxygens (including phenoxy) is 1. The van der Waals surface area contributed by atoms with Gasteiger partial charge in [-0.2, -0.15) is 0 Å². The molecule has 0 aliphatic carbocycles. The fourth-order valence-corrected chi connectivity index (χ4v) is 3.04. The third-order valence-electron chi connectivity index (χ3n) is 3.53. The molecule has 0 bridgehead atoms. The van der Waals surface area contributed by atoms with Gasteiger partial charge in [0.2, 0.25) is 15.9 Å². The Morgan fingerprint density at radius 3 is 2.63 bits per heavy atom. The lowest BCUT2D eigenvalue weighted by Crippen LogP contribution is -2.19. The molecule has 10 heteroatoms. The number of nitrogens with zero attached hydrogens (tertiary/aromatic N) is 2. The van der Waals surface area contributed by atoms with Crippen LogP contribution in [0.3, 0.4) is 0 Å².